The van der Waals surface area contributed by atoms with Crippen LogP contribution in [0.3, 0.4) is 0 Å². The molecule has 5 heteroatoms. The Kier molecular flexibility index (Phi) is 5.58. The molecule has 1 aromatic heterocycles. The first-order chi connectivity index (χ1) is 8.08. The Balaban J connectivity index is 2.58. The lowest BCUT2D eigenvalue weighted by Crippen LogP contribution is -2.01. The summed E-state index contributed by atoms with van der Waals surface area (Å²) in [5.74, 6) is 1.67. The molecule has 0 radical (unpaired) electrons. The molecule has 0 spiro atoms. The second-order valence-corrected chi connectivity index (χ2v) is 5.23. The molecule has 0 saturated heterocycles. The van der Waals surface area contributed by atoms with E-state index in [1.54, 1.807) is 24.8 Å². The number of ether oxygens (including phenoxy) is 1. The summed E-state index contributed by atoms with van der Waals surface area (Å²) in [5.41, 5.74) is 0.484. The first-order valence-electron chi connectivity index (χ1n) is 5.48. The summed E-state index contributed by atoms with van der Waals surface area (Å²) < 4.78 is 10.1. The quantitative estimate of drug-likeness (QED) is 0.794. The van der Waals surface area contributed by atoms with Crippen LogP contribution in [0.4, 0.5) is 0 Å². The van der Waals surface area contributed by atoms with Crippen molar-refractivity contribution < 1.29 is 19.1 Å². The Bertz CT molecular complexity index is 373. The molecular formula is C12H18O4S. The fourth-order valence-corrected chi connectivity index (χ4v) is 2.28. The third kappa shape index (κ3) is 4.09. The van der Waals surface area contributed by atoms with Crippen LogP contribution in [-0.4, -0.2) is 30.0 Å². The monoisotopic (exact) mass is 258 g/mol. The molecule has 96 valence electrons. The Labute approximate surface area is 105 Å². The van der Waals surface area contributed by atoms with E-state index in [-0.39, 0.29) is 12.6 Å². The average Bonchev–Trinajstić information content (AvgIpc) is 2.67. The van der Waals surface area contributed by atoms with E-state index in [1.165, 1.54) is 7.11 Å². The summed E-state index contributed by atoms with van der Waals surface area (Å²) in [6.07, 6.45) is 0.758. The molecule has 1 heterocycles. The SMILES string of the molecule is COC(=O)c1cc(CSC(C)CCO)oc1C. The molecule has 4 nitrogen and oxygen atoms in total. The maximum atomic E-state index is 11.4. The minimum atomic E-state index is -0.370. The average molecular weight is 258 g/mol. The highest BCUT2D eigenvalue weighted by molar-refractivity contribution is 7.99. The molecule has 1 atom stereocenters. The molecule has 0 aromatic carbocycles. The van der Waals surface area contributed by atoms with Crippen LogP contribution in [0.25, 0.3) is 0 Å². The number of carbonyl (C=O) groups is 1. The molecule has 1 N–H and O–H groups in total. The standard InChI is InChI=1S/C12H18O4S/c1-8(4-5-13)17-7-10-6-11(9(2)16-10)12(14)15-3/h6,8,13H,4-5,7H2,1-3H3. The van der Waals surface area contributed by atoms with Crippen molar-refractivity contribution in [3.63, 3.8) is 0 Å². The highest BCUT2D eigenvalue weighted by Crippen LogP contribution is 2.23. The van der Waals surface area contributed by atoms with Gasteiger partial charge in [-0.2, -0.15) is 11.8 Å². The van der Waals surface area contributed by atoms with Crippen molar-refractivity contribution in [1.29, 1.82) is 0 Å². The smallest absolute Gasteiger partial charge is 0.341 e. The van der Waals surface area contributed by atoms with Crippen LogP contribution in [0.1, 0.15) is 35.2 Å². The van der Waals surface area contributed by atoms with E-state index in [0.29, 0.717) is 22.3 Å². The van der Waals surface area contributed by atoms with E-state index in [1.807, 2.05) is 0 Å². The molecule has 1 unspecified atom stereocenters. The molecule has 0 amide bonds. The Morgan fingerprint density at radius 3 is 2.94 bits per heavy atom. The van der Waals surface area contributed by atoms with Crippen molar-refractivity contribution in [2.45, 2.75) is 31.3 Å². The number of esters is 1. The van der Waals surface area contributed by atoms with Gasteiger partial charge in [-0.3, -0.25) is 0 Å². The Morgan fingerprint density at radius 2 is 2.35 bits per heavy atom. The molecule has 0 aliphatic rings. The van der Waals surface area contributed by atoms with Crippen LogP contribution in [0.2, 0.25) is 0 Å². The number of hydrogen-bond acceptors (Lipinski definition) is 5. The van der Waals surface area contributed by atoms with E-state index < -0.39 is 0 Å². The third-order valence-electron chi connectivity index (χ3n) is 2.42. The van der Waals surface area contributed by atoms with Crippen molar-refractivity contribution in [2.24, 2.45) is 0 Å². The number of thioether (sulfide) groups is 1. The minimum Gasteiger partial charge on any atom is -0.465 e. The minimum absolute atomic E-state index is 0.193. The fraction of sp³-hybridized carbons (Fsp3) is 0.583. The lowest BCUT2D eigenvalue weighted by molar-refractivity contribution is 0.0599. The second-order valence-electron chi connectivity index (χ2n) is 3.81. The van der Waals surface area contributed by atoms with Crippen LogP contribution >= 0.6 is 11.8 Å². The van der Waals surface area contributed by atoms with Crippen molar-refractivity contribution in [1.82, 2.24) is 0 Å². The number of hydrogen-bond donors (Lipinski definition) is 1. The van der Waals surface area contributed by atoms with Crippen molar-refractivity contribution in [2.75, 3.05) is 13.7 Å². The first kappa shape index (κ1) is 14.1. The summed E-state index contributed by atoms with van der Waals surface area (Å²) >= 11 is 1.69. The number of aryl methyl sites for hydroxylation is 1. The molecular weight excluding hydrogens is 240 g/mol. The normalized spacial score (nSPS) is 12.5. The summed E-state index contributed by atoms with van der Waals surface area (Å²) in [7, 11) is 1.35. The van der Waals surface area contributed by atoms with Gasteiger partial charge in [-0.25, -0.2) is 4.79 Å². The molecule has 17 heavy (non-hydrogen) atoms. The van der Waals surface area contributed by atoms with E-state index >= 15 is 0 Å². The van der Waals surface area contributed by atoms with E-state index in [4.69, 9.17) is 9.52 Å². The summed E-state index contributed by atoms with van der Waals surface area (Å²) in [4.78, 5) is 11.4. The van der Waals surface area contributed by atoms with Gasteiger partial charge in [0.1, 0.15) is 17.1 Å². The number of methoxy groups -OCH3 is 1. The largest absolute Gasteiger partial charge is 0.465 e. The van der Waals surface area contributed by atoms with Gasteiger partial charge in [0.2, 0.25) is 0 Å². The van der Waals surface area contributed by atoms with Gasteiger partial charge in [-0.1, -0.05) is 6.92 Å². The van der Waals surface area contributed by atoms with Gasteiger partial charge in [0.05, 0.1) is 12.9 Å². The maximum Gasteiger partial charge on any atom is 0.341 e. The molecule has 0 fully saturated rings. The highest BCUT2D eigenvalue weighted by atomic mass is 32.2. The van der Waals surface area contributed by atoms with Gasteiger partial charge in [0, 0.05) is 11.9 Å². The Morgan fingerprint density at radius 1 is 1.65 bits per heavy atom. The van der Waals surface area contributed by atoms with Crippen LogP contribution in [0.5, 0.6) is 0 Å². The summed E-state index contributed by atoms with van der Waals surface area (Å²) in [6, 6.07) is 1.72. The van der Waals surface area contributed by atoms with Gasteiger partial charge in [0.15, 0.2) is 0 Å². The van der Waals surface area contributed by atoms with E-state index in [9.17, 15) is 4.79 Å². The van der Waals surface area contributed by atoms with Crippen LogP contribution in [-0.2, 0) is 10.5 Å². The summed E-state index contributed by atoms with van der Waals surface area (Å²) in [6.45, 7) is 3.99. The van der Waals surface area contributed by atoms with Crippen molar-refractivity contribution in [3.05, 3.63) is 23.2 Å². The van der Waals surface area contributed by atoms with E-state index in [0.717, 1.165) is 12.2 Å². The van der Waals surface area contributed by atoms with Crippen LogP contribution in [0, 0.1) is 6.92 Å². The molecule has 1 aromatic rings. The Hall–Kier alpha value is -0.940. The first-order valence-corrected chi connectivity index (χ1v) is 6.53. The molecule has 0 aliphatic carbocycles. The number of carbonyl (C=O) groups excluding carboxylic acids is 1. The molecule has 0 saturated carbocycles. The second kappa shape index (κ2) is 6.71. The molecule has 0 bridgehead atoms. The highest BCUT2D eigenvalue weighted by Gasteiger charge is 2.15. The number of aliphatic hydroxyl groups is 1. The lowest BCUT2D eigenvalue weighted by Gasteiger charge is -2.06. The fourth-order valence-electron chi connectivity index (χ4n) is 1.42. The zero-order valence-electron chi connectivity index (χ0n) is 10.4. The predicted octanol–water partition coefficient (Wildman–Crippen LogP) is 2.38. The maximum absolute atomic E-state index is 11.4. The van der Waals surface area contributed by atoms with Gasteiger partial charge >= 0.3 is 5.97 Å². The zero-order chi connectivity index (χ0) is 12.8. The number of aliphatic hydroxyl groups excluding tert-OH is 1. The van der Waals surface area contributed by atoms with Gasteiger partial charge in [0.25, 0.3) is 0 Å². The van der Waals surface area contributed by atoms with Crippen molar-refractivity contribution in [3.8, 4) is 0 Å². The number of furan rings is 1. The molecule has 0 aliphatic heterocycles. The van der Waals surface area contributed by atoms with Gasteiger partial charge < -0.3 is 14.3 Å². The topological polar surface area (TPSA) is 59.7 Å². The van der Waals surface area contributed by atoms with Gasteiger partial charge in [-0.15, -0.1) is 0 Å². The van der Waals surface area contributed by atoms with Crippen molar-refractivity contribution >= 4 is 17.7 Å². The van der Waals surface area contributed by atoms with Crippen LogP contribution in [0.15, 0.2) is 10.5 Å². The molecule has 1 rings (SSSR count). The zero-order valence-corrected chi connectivity index (χ0v) is 11.2. The summed E-state index contributed by atoms with van der Waals surface area (Å²) in [5, 5.41) is 9.16. The lowest BCUT2D eigenvalue weighted by atomic mass is 10.2. The van der Waals surface area contributed by atoms with Gasteiger partial charge in [-0.05, 0) is 19.4 Å². The predicted molar refractivity (Wildman–Crippen MR) is 67.2 cm³/mol. The van der Waals surface area contributed by atoms with Crippen LogP contribution < -0.4 is 0 Å². The van der Waals surface area contributed by atoms with E-state index in [2.05, 4.69) is 11.7 Å². The third-order valence-corrected chi connectivity index (χ3v) is 3.68. The number of rotatable bonds is 6.